The van der Waals surface area contributed by atoms with Crippen molar-refractivity contribution < 1.29 is 0 Å². The molecule has 0 radical (unpaired) electrons. The van der Waals surface area contributed by atoms with Gasteiger partial charge in [-0.2, -0.15) is 0 Å². The second-order valence-electron chi connectivity index (χ2n) is 6.85. The van der Waals surface area contributed by atoms with Gasteiger partial charge in [0.15, 0.2) is 0 Å². The van der Waals surface area contributed by atoms with E-state index >= 15 is 0 Å². The van der Waals surface area contributed by atoms with E-state index in [-0.39, 0.29) is 0 Å². The van der Waals surface area contributed by atoms with Gasteiger partial charge in [-0.25, -0.2) is 0 Å². The van der Waals surface area contributed by atoms with E-state index in [2.05, 4.69) is 59.2 Å². The van der Waals surface area contributed by atoms with Crippen LogP contribution < -0.4 is 0 Å². The highest BCUT2D eigenvalue weighted by molar-refractivity contribution is 7.14. The Kier molecular flexibility index (Phi) is 3.62. The highest BCUT2D eigenvalue weighted by atomic mass is 29.2. The maximum Gasteiger partial charge on any atom is 0.102 e. The fourth-order valence-corrected chi connectivity index (χ4v) is 11.1. The molecule has 0 spiro atoms. The van der Waals surface area contributed by atoms with E-state index in [1.165, 1.54) is 9.76 Å². The first-order chi connectivity index (χ1) is 5.37. The Labute approximate surface area is 88.2 Å². The standard InChI is InChI=1S/C10H27NSi2/c1-9(2,3)11(10(4,5)6)13(7,8)12/h1-8,12H3. The van der Waals surface area contributed by atoms with Crippen molar-refractivity contribution in [3.8, 4) is 0 Å². The monoisotopic (exact) mass is 217 g/mol. The maximum absolute atomic E-state index is 2.76. The van der Waals surface area contributed by atoms with Crippen LogP contribution in [0.5, 0.6) is 0 Å². The summed E-state index contributed by atoms with van der Waals surface area (Å²) in [6.45, 7) is 19.0. The Morgan fingerprint density at radius 1 is 0.846 bits per heavy atom. The third kappa shape index (κ3) is 3.96. The maximum atomic E-state index is 2.76. The zero-order valence-corrected chi connectivity index (χ0v) is 13.9. The third-order valence-corrected chi connectivity index (χ3v) is 6.04. The van der Waals surface area contributed by atoms with Crippen LogP contribution in [0.3, 0.4) is 0 Å². The number of hydrogen-bond donors (Lipinski definition) is 0. The van der Waals surface area contributed by atoms with Crippen LogP contribution in [-0.4, -0.2) is 33.2 Å². The Bertz CT molecular complexity index is 136. The fraction of sp³-hybridized carbons (Fsp3) is 1.00. The minimum Gasteiger partial charge on any atom is -0.318 e. The molecule has 0 N–H and O–H groups in total. The molecule has 0 heterocycles. The smallest absolute Gasteiger partial charge is 0.102 e. The molecule has 0 atom stereocenters. The van der Waals surface area contributed by atoms with Crippen LogP contribution in [0.1, 0.15) is 41.5 Å². The Morgan fingerprint density at radius 2 is 1.08 bits per heavy atom. The van der Waals surface area contributed by atoms with Gasteiger partial charge in [0.1, 0.15) is 7.75 Å². The normalized spacial score (nSPS) is 15.5. The lowest BCUT2D eigenvalue weighted by atomic mass is 10.0. The molecule has 0 aliphatic heterocycles. The Hall–Kier alpha value is 0.394. The minimum absolute atomic E-state index is 0.315. The molecule has 80 valence electrons. The van der Waals surface area contributed by atoms with Crippen molar-refractivity contribution in [2.75, 3.05) is 0 Å². The molecule has 13 heavy (non-hydrogen) atoms. The van der Waals surface area contributed by atoms with Crippen LogP contribution in [0.2, 0.25) is 13.1 Å². The van der Waals surface area contributed by atoms with Gasteiger partial charge in [0.25, 0.3) is 0 Å². The summed E-state index contributed by atoms with van der Waals surface area (Å²) in [4.78, 5) is 0. The Morgan fingerprint density at radius 3 is 1.08 bits per heavy atom. The van der Waals surface area contributed by atoms with Gasteiger partial charge in [-0.3, -0.25) is 0 Å². The molecule has 0 amide bonds. The van der Waals surface area contributed by atoms with E-state index in [1.807, 2.05) is 0 Å². The summed E-state index contributed by atoms with van der Waals surface area (Å²) >= 11 is 0. The average Bonchev–Trinajstić information content (AvgIpc) is 1.44. The van der Waals surface area contributed by atoms with E-state index in [0.29, 0.717) is 11.1 Å². The second kappa shape index (κ2) is 3.52. The van der Waals surface area contributed by atoms with Gasteiger partial charge >= 0.3 is 0 Å². The molecule has 0 fully saturated rings. The lowest BCUT2D eigenvalue weighted by molar-refractivity contribution is 0.131. The number of rotatable bonds is 1. The summed E-state index contributed by atoms with van der Waals surface area (Å²) in [5.41, 5.74) is 0.630. The summed E-state index contributed by atoms with van der Waals surface area (Å²) in [7, 11) is 0.252. The molecule has 0 unspecified atom stereocenters. The summed E-state index contributed by atoms with van der Waals surface area (Å²) in [5.74, 6) is 0. The predicted octanol–water partition coefficient (Wildman–Crippen LogP) is 1.95. The quantitative estimate of drug-likeness (QED) is 0.607. The van der Waals surface area contributed by atoms with E-state index in [9.17, 15) is 0 Å². The van der Waals surface area contributed by atoms with Crippen LogP contribution in [0.15, 0.2) is 0 Å². The first-order valence-corrected chi connectivity index (χ1v) is 11.6. The number of hydrogen-bond acceptors (Lipinski definition) is 1. The van der Waals surface area contributed by atoms with Crippen LogP contribution in [-0.2, 0) is 0 Å². The molecule has 0 aromatic rings. The van der Waals surface area contributed by atoms with Gasteiger partial charge in [0.2, 0.25) is 0 Å². The molecule has 3 heteroatoms. The Balaban J connectivity index is 5.02. The molecule has 0 aliphatic carbocycles. The van der Waals surface area contributed by atoms with Crippen molar-refractivity contribution in [2.45, 2.75) is 65.7 Å². The van der Waals surface area contributed by atoms with Crippen molar-refractivity contribution in [1.82, 2.24) is 4.57 Å². The SMILES string of the molecule is CC(C)(C)N(C(C)(C)C)[Si](C)(C)[SiH3]. The van der Waals surface area contributed by atoms with E-state index < -0.39 is 7.75 Å². The van der Waals surface area contributed by atoms with Crippen molar-refractivity contribution >= 4 is 17.5 Å². The van der Waals surface area contributed by atoms with E-state index in [0.717, 1.165) is 0 Å². The predicted molar refractivity (Wildman–Crippen MR) is 68.8 cm³/mol. The van der Waals surface area contributed by atoms with Gasteiger partial charge in [-0.05, 0) is 41.5 Å². The van der Waals surface area contributed by atoms with Gasteiger partial charge < -0.3 is 4.57 Å². The van der Waals surface area contributed by atoms with Crippen LogP contribution >= 0.6 is 0 Å². The van der Waals surface area contributed by atoms with Gasteiger partial charge in [-0.1, -0.05) is 13.1 Å². The van der Waals surface area contributed by atoms with Gasteiger partial charge in [-0.15, -0.1) is 0 Å². The average molecular weight is 218 g/mol. The highest BCUT2D eigenvalue weighted by Crippen LogP contribution is 2.29. The minimum atomic E-state index is -1.09. The van der Waals surface area contributed by atoms with Crippen molar-refractivity contribution in [1.29, 1.82) is 0 Å². The highest BCUT2D eigenvalue weighted by Gasteiger charge is 2.39. The molecule has 0 saturated heterocycles. The third-order valence-electron chi connectivity index (χ3n) is 2.01. The van der Waals surface area contributed by atoms with Gasteiger partial charge in [0.05, 0.1) is 0 Å². The van der Waals surface area contributed by atoms with Crippen LogP contribution in [0, 0.1) is 0 Å². The molecular formula is C10H27NSi2. The first-order valence-electron chi connectivity index (χ1n) is 5.17. The lowest BCUT2D eigenvalue weighted by Gasteiger charge is -2.53. The molecule has 0 aromatic heterocycles. The zero-order chi connectivity index (χ0) is 11.1. The first kappa shape index (κ1) is 13.4. The summed E-state index contributed by atoms with van der Waals surface area (Å²) < 4.78 is 2.76. The molecule has 0 rings (SSSR count). The fourth-order valence-electron chi connectivity index (χ4n) is 3.02. The zero-order valence-electron chi connectivity index (χ0n) is 10.9. The van der Waals surface area contributed by atoms with Crippen LogP contribution in [0.4, 0.5) is 0 Å². The lowest BCUT2D eigenvalue weighted by Crippen LogP contribution is -2.65. The van der Waals surface area contributed by atoms with E-state index in [1.54, 1.807) is 0 Å². The molecule has 0 saturated carbocycles. The molecule has 0 bridgehead atoms. The van der Waals surface area contributed by atoms with Crippen molar-refractivity contribution in [3.05, 3.63) is 0 Å². The number of nitrogens with zero attached hydrogens (tertiary/aromatic N) is 1. The van der Waals surface area contributed by atoms with E-state index in [4.69, 9.17) is 0 Å². The topological polar surface area (TPSA) is 3.24 Å². The molecule has 1 nitrogen and oxygen atoms in total. The van der Waals surface area contributed by atoms with Gasteiger partial charge in [0, 0.05) is 20.8 Å². The second-order valence-corrected chi connectivity index (χ2v) is 19.0. The molecule has 0 aliphatic rings. The summed E-state index contributed by atoms with van der Waals surface area (Å²) in [6, 6.07) is 0. The molecular weight excluding hydrogens is 190 g/mol. The summed E-state index contributed by atoms with van der Waals surface area (Å²) in [6.07, 6.45) is 0. The van der Waals surface area contributed by atoms with Crippen molar-refractivity contribution in [3.63, 3.8) is 0 Å². The summed E-state index contributed by atoms with van der Waals surface area (Å²) in [5, 5.41) is 0. The van der Waals surface area contributed by atoms with Crippen LogP contribution in [0.25, 0.3) is 0 Å². The largest absolute Gasteiger partial charge is 0.318 e. The molecule has 0 aromatic carbocycles. The van der Waals surface area contributed by atoms with Crippen molar-refractivity contribution in [2.24, 2.45) is 0 Å².